The summed E-state index contributed by atoms with van der Waals surface area (Å²) in [5.74, 6) is 4.90. The molecule has 0 aliphatic heterocycles. The second kappa shape index (κ2) is 28.9. The zero-order valence-electron chi connectivity index (χ0n) is 30.4. The third-order valence-corrected chi connectivity index (χ3v) is 11.7. The number of benzene rings is 1. The van der Waals surface area contributed by atoms with Gasteiger partial charge < -0.3 is 5.11 Å². The van der Waals surface area contributed by atoms with Crippen LogP contribution in [-0.2, 0) is 16.9 Å². The molecule has 1 nitrogen and oxygen atoms in total. The summed E-state index contributed by atoms with van der Waals surface area (Å²) < 4.78 is 0. The van der Waals surface area contributed by atoms with E-state index in [1.807, 2.05) is 23.5 Å². The maximum atomic E-state index is 11.4. The minimum atomic E-state index is 0.160. The lowest BCUT2D eigenvalue weighted by Gasteiger charge is -2.27. The molecule has 0 saturated heterocycles. The molecule has 0 spiro atoms. The molecule has 0 bridgehead atoms. The average Bonchev–Trinajstić information content (AvgIpc) is 3.01. The number of unbranched alkanes of at least 4 members (excludes halogenated alkanes) is 21. The van der Waals surface area contributed by atoms with Gasteiger partial charge >= 0.3 is 0 Å². The van der Waals surface area contributed by atoms with Crippen molar-refractivity contribution in [2.75, 3.05) is 11.5 Å². The highest BCUT2D eigenvalue weighted by molar-refractivity contribution is 7.98. The molecular formula is C41H76OS2. The zero-order valence-corrected chi connectivity index (χ0v) is 32.1. The van der Waals surface area contributed by atoms with E-state index in [0.717, 1.165) is 11.5 Å². The Morgan fingerprint density at radius 1 is 0.477 bits per heavy atom. The molecule has 3 heteroatoms. The van der Waals surface area contributed by atoms with Crippen LogP contribution in [0.15, 0.2) is 12.1 Å². The molecule has 0 aliphatic carbocycles. The van der Waals surface area contributed by atoms with Crippen LogP contribution in [0.25, 0.3) is 0 Å². The molecule has 0 radical (unpaired) electrons. The fourth-order valence-corrected chi connectivity index (χ4v) is 8.24. The highest BCUT2D eigenvalue weighted by Gasteiger charge is 2.23. The van der Waals surface area contributed by atoms with Gasteiger partial charge in [0.05, 0.1) is 0 Å². The van der Waals surface area contributed by atoms with Gasteiger partial charge in [0.15, 0.2) is 0 Å². The lowest BCUT2D eigenvalue weighted by molar-refractivity contribution is 0.440. The predicted octanol–water partition coefficient (Wildman–Crippen LogP) is 14.9. The quantitative estimate of drug-likeness (QED) is 0.0785. The first-order valence-corrected chi connectivity index (χ1v) is 21.8. The fraction of sp³-hybridized carbons (Fsp3) is 0.854. The Labute approximate surface area is 285 Å². The fourth-order valence-electron chi connectivity index (χ4n) is 6.26. The Morgan fingerprint density at radius 3 is 1.16 bits per heavy atom. The first-order valence-electron chi connectivity index (χ1n) is 19.5. The van der Waals surface area contributed by atoms with Crippen LogP contribution in [0.2, 0.25) is 0 Å². The van der Waals surface area contributed by atoms with Gasteiger partial charge in [-0.05, 0) is 41.7 Å². The lowest BCUT2D eigenvalue weighted by Crippen LogP contribution is -2.18. The summed E-state index contributed by atoms with van der Waals surface area (Å²) in [5, 5.41) is 11.4. The van der Waals surface area contributed by atoms with E-state index in [-0.39, 0.29) is 5.41 Å². The van der Waals surface area contributed by atoms with Crippen molar-refractivity contribution in [1.82, 2.24) is 0 Å². The first-order chi connectivity index (χ1) is 21.5. The molecule has 0 aliphatic rings. The van der Waals surface area contributed by atoms with Crippen molar-refractivity contribution in [1.29, 1.82) is 0 Å². The van der Waals surface area contributed by atoms with E-state index < -0.39 is 0 Å². The Morgan fingerprint density at radius 2 is 0.795 bits per heavy atom. The van der Waals surface area contributed by atoms with Gasteiger partial charge in [0.25, 0.3) is 0 Å². The van der Waals surface area contributed by atoms with E-state index in [2.05, 4.69) is 46.8 Å². The third kappa shape index (κ3) is 21.5. The van der Waals surface area contributed by atoms with Crippen molar-refractivity contribution >= 4 is 23.5 Å². The molecular weight excluding hydrogens is 573 g/mol. The number of phenols is 1. The van der Waals surface area contributed by atoms with Gasteiger partial charge in [-0.1, -0.05) is 188 Å². The molecule has 0 aromatic heterocycles. The topological polar surface area (TPSA) is 20.2 Å². The highest BCUT2D eigenvalue weighted by atomic mass is 32.2. The first kappa shape index (κ1) is 41.7. The summed E-state index contributed by atoms with van der Waals surface area (Å²) in [6.07, 6.45) is 34.4. The van der Waals surface area contributed by atoms with Crippen molar-refractivity contribution in [3.05, 3.63) is 28.8 Å². The number of rotatable bonds is 32. The van der Waals surface area contributed by atoms with Crippen LogP contribution in [0.1, 0.15) is 212 Å². The van der Waals surface area contributed by atoms with E-state index in [4.69, 9.17) is 0 Å². The Kier molecular flexibility index (Phi) is 27.4. The molecule has 1 rings (SSSR count). The van der Waals surface area contributed by atoms with Gasteiger partial charge in [-0.3, -0.25) is 0 Å². The van der Waals surface area contributed by atoms with E-state index in [1.165, 1.54) is 189 Å². The SMILES string of the molecule is CCCCCCCCCCCCSCc1cc(C(C)(C)CCCCCC)cc(CSCCCCCCCCCCCC)c1O. The van der Waals surface area contributed by atoms with Gasteiger partial charge in [-0.25, -0.2) is 0 Å². The van der Waals surface area contributed by atoms with Crippen LogP contribution in [0.4, 0.5) is 0 Å². The molecule has 1 aromatic carbocycles. The van der Waals surface area contributed by atoms with Gasteiger partial charge in [-0.2, -0.15) is 23.5 Å². The number of hydrogen-bond acceptors (Lipinski definition) is 3. The summed E-state index contributed by atoms with van der Waals surface area (Å²) in [6.45, 7) is 11.7. The predicted molar refractivity (Wildman–Crippen MR) is 206 cm³/mol. The lowest BCUT2D eigenvalue weighted by atomic mass is 9.78. The summed E-state index contributed by atoms with van der Waals surface area (Å²) in [5.41, 5.74) is 3.95. The minimum absolute atomic E-state index is 0.160. The van der Waals surface area contributed by atoms with E-state index in [0.29, 0.717) is 5.75 Å². The smallest absolute Gasteiger partial charge is 0.123 e. The molecule has 258 valence electrons. The largest absolute Gasteiger partial charge is 0.507 e. The minimum Gasteiger partial charge on any atom is -0.507 e. The number of hydrogen-bond donors (Lipinski definition) is 1. The second-order valence-electron chi connectivity index (χ2n) is 14.3. The maximum Gasteiger partial charge on any atom is 0.123 e. The molecule has 0 saturated carbocycles. The summed E-state index contributed by atoms with van der Waals surface area (Å²) >= 11 is 4.06. The average molecular weight is 649 g/mol. The second-order valence-corrected chi connectivity index (χ2v) is 16.5. The standard InChI is InChI=1S/C41H76OS2/c1-6-9-12-15-17-19-21-23-25-28-31-43-35-37-33-39(41(4,5)30-27-14-11-8-3)34-38(40(37)42)36-44-32-29-26-24-22-20-18-16-13-10-7-2/h33-34,42H,6-32,35-36H2,1-5H3. The Hall–Kier alpha value is -0.280. The van der Waals surface area contributed by atoms with Crippen molar-refractivity contribution < 1.29 is 5.11 Å². The van der Waals surface area contributed by atoms with Crippen molar-refractivity contribution in [2.24, 2.45) is 0 Å². The normalized spacial score (nSPS) is 11.9. The highest BCUT2D eigenvalue weighted by Crippen LogP contribution is 2.37. The van der Waals surface area contributed by atoms with Crippen LogP contribution in [0, 0.1) is 0 Å². The molecule has 0 fully saturated rings. The summed E-state index contributed by atoms with van der Waals surface area (Å²) in [6, 6.07) is 4.72. The van der Waals surface area contributed by atoms with Crippen LogP contribution in [0.5, 0.6) is 5.75 Å². The number of phenolic OH excluding ortho intramolecular Hbond substituents is 1. The van der Waals surface area contributed by atoms with Gasteiger partial charge in [0.1, 0.15) is 5.75 Å². The monoisotopic (exact) mass is 649 g/mol. The molecule has 0 heterocycles. The molecule has 1 N–H and O–H groups in total. The van der Waals surface area contributed by atoms with Crippen molar-refractivity contribution in [2.45, 2.75) is 212 Å². The van der Waals surface area contributed by atoms with Gasteiger partial charge in [0.2, 0.25) is 0 Å². The summed E-state index contributed by atoms with van der Waals surface area (Å²) in [4.78, 5) is 0. The van der Waals surface area contributed by atoms with E-state index in [1.54, 1.807) is 0 Å². The Balaban J connectivity index is 2.52. The molecule has 0 unspecified atom stereocenters. The van der Waals surface area contributed by atoms with Crippen LogP contribution >= 0.6 is 23.5 Å². The number of thioether (sulfide) groups is 2. The molecule has 0 amide bonds. The van der Waals surface area contributed by atoms with Gasteiger partial charge in [0, 0.05) is 22.6 Å². The number of aromatic hydroxyl groups is 1. The van der Waals surface area contributed by atoms with E-state index >= 15 is 0 Å². The van der Waals surface area contributed by atoms with E-state index in [9.17, 15) is 5.11 Å². The van der Waals surface area contributed by atoms with Gasteiger partial charge in [-0.15, -0.1) is 0 Å². The summed E-state index contributed by atoms with van der Waals surface area (Å²) in [7, 11) is 0. The van der Waals surface area contributed by atoms with Crippen LogP contribution in [-0.4, -0.2) is 16.6 Å². The van der Waals surface area contributed by atoms with Crippen LogP contribution in [0.3, 0.4) is 0 Å². The molecule has 44 heavy (non-hydrogen) atoms. The third-order valence-electron chi connectivity index (χ3n) is 9.50. The zero-order chi connectivity index (χ0) is 32.1. The van der Waals surface area contributed by atoms with Crippen molar-refractivity contribution in [3.63, 3.8) is 0 Å². The van der Waals surface area contributed by atoms with Crippen LogP contribution < -0.4 is 0 Å². The molecule has 1 aromatic rings. The van der Waals surface area contributed by atoms with Crippen molar-refractivity contribution in [3.8, 4) is 5.75 Å². The molecule has 0 atom stereocenters. The maximum absolute atomic E-state index is 11.4. The Bertz CT molecular complexity index is 725.